The zero-order valence-corrected chi connectivity index (χ0v) is 10.5. The van der Waals surface area contributed by atoms with Crippen LogP contribution in [0.5, 0.6) is 0 Å². The zero-order valence-electron chi connectivity index (χ0n) is 10.5. The van der Waals surface area contributed by atoms with Gasteiger partial charge in [0.05, 0.1) is 24.8 Å². The molecule has 1 amide bonds. The number of nitrogens with zero attached hydrogens (tertiary/aromatic N) is 1. The molecule has 1 aliphatic heterocycles. The van der Waals surface area contributed by atoms with Gasteiger partial charge >= 0.3 is 0 Å². The van der Waals surface area contributed by atoms with Gasteiger partial charge in [-0.15, -0.1) is 0 Å². The van der Waals surface area contributed by atoms with Gasteiger partial charge < -0.3 is 20.1 Å². The van der Waals surface area contributed by atoms with Crippen LogP contribution in [0.2, 0.25) is 0 Å². The molecule has 1 aromatic rings. The second-order valence-electron chi connectivity index (χ2n) is 4.04. The number of hydrogen-bond donors (Lipinski definition) is 2. The molecule has 2 heterocycles. The summed E-state index contributed by atoms with van der Waals surface area (Å²) in [4.78, 5) is 16.2. The van der Waals surface area contributed by atoms with Crippen LogP contribution in [-0.4, -0.2) is 50.4 Å². The lowest BCUT2D eigenvalue weighted by molar-refractivity contribution is 0.0685. The van der Waals surface area contributed by atoms with E-state index in [0.29, 0.717) is 24.6 Å². The molecule has 0 spiro atoms. The normalized spacial score (nSPS) is 22.8. The highest BCUT2D eigenvalue weighted by atomic mass is 16.5. The summed E-state index contributed by atoms with van der Waals surface area (Å²) >= 11 is 0. The van der Waals surface area contributed by atoms with Gasteiger partial charge in [0.1, 0.15) is 11.9 Å². The van der Waals surface area contributed by atoms with Crippen molar-refractivity contribution in [1.29, 1.82) is 0 Å². The van der Waals surface area contributed by atoms with Gasteiger partial charge in [-0.1, -0.05) is 0 Å². The maximum atomic E-state index is 12.1. The van der Waals surface area contributed by atoms with Crippen LogP contribution in [0.1, 0.15) is 10.4 Å². The number of anilines is 1. The van der Waals surface area contributed by atoms with E-state index in [1.54, 1.807) is 32.5 Å². The van der Waals surface area contributed by atoms with Crippen molar-refractivity contribution in [2.45, 2.75) is 12.1 Å². The number of pyridine rings is 1. The quantitative estimate of drug-likeness (QED) is 0.803. The Labute approximate surface area is 106 Å². The second kappa shape index (κ2) is 5.79. The van der Waals surface area contributed by atoms with Crippen molar-refractivity contribution < 1.29 is 14.3 Å². The Morgan fingerprint density at radius 1 is 1.56 bits per heavy atom. The highest BCUT2D eigenvalue weighted by molar-refractivity contribution is 5.98. The first-order chi connectivity index (χ1) is 8.76. The van der Waals surface area contributed by atoms with Crippen LogP contribution < -0.4 is 10.6 Å². The summed E-state index contributed by atoms with van der Waals surface area (Å²) < 4.78 is 10.5. The molecule has 1 saturated heterocycles. The van der Waals surface area contributed by atoms with Gasteiger partial charge in [-0.2, -0.15) is 0 Å². The molecule has 2 rings (SSSR count). The molecule has 1 aliphatic rings. The van der Waals surface area contributed by atoms with E-state index in [2.05, 4.69) is 15.6 Å². The first kappa shape index (κ1) is 12.8. The van der Waals surface area contributed by atoms with Crippen LogP contribution in [-0.2, 0) is 9.47 Å². The fourth-order valence-electron chi connectivity index (χ4n) is 1.94. The molecule has 6 nitrogen and oxygen atoms in total. The lowest BCUT2D eigenvalue weighted by Crippen LogP contribution is -2.43. The monoisotopic (exact) mass is 251 g/mol. The number of carbonyl (C=O) groups is 1. The summed E-state index contributed by atoms with van der Waals surface area (Å²) in [5.74, 6) is 0.382. The van der Waals surface area contributed by atoms with E-state index in [4.69, 9.17) is 9.47 Å². The Morgan fingerprint density at radius 3 is 3.11 bits per heavy atom. The number of methoxy groups -OCH3 is 1. The fraction of sp³-hybridized carbons (Fsp3) is 0.500. The van der Waals surface area contributed by atoms with Crippen LogP contribution >= 0.6 is 0 Å². The van der Waals surface area contributed by atoms with Crippen molar-refractivity contribution in [3.8, 4) is 0 Å². The van der Waals surface area contributed by atoms with Gasteiger partial charge in [-0.25, -0.2) is 4.98 Å². The standard InChI is InChI=1S/C12H17N3O3/c1-13-11-8(4-3-5-14-11)12(16)15-9-6-18-7-10(9)17-2/h3-5,9-10H,6-7H2,1-2H3,(H,13,14)(H,15,16)/t9-,10-/m0/s1. The van der Waals surface area contributed by atoms with Gasteiger partial charge in [0.15, 0.2) is 0 Å². The van der Waals surface area contributed by atoms with Crippen molar-refractivity contribution in [2.75, 3.05) is 32.7 Å². The van der Waals surface area contributed by atoms with Gasteiger partial charge in [0.25, 0.3) is 5.91 Å². The SMILES string of the molecule is CNc1ncccc1C(=O)N[C@H]1COC[C@@H]1OC. The molecular formula is C12H17N3O3. The predicted octanol–water partition coefficient (Wildman–Crippen LogP) is 0.267. The Hall–Kier alpha value is -1.66. The first-order valence-electron chi connectivity index (χ1n) is 5.80. The van der Waals surface area contributed by atoms with Crippen molar-refractivity contribution >= 4 is 11.7 Å². The molecule has 0 aromatic carbocycles. The molecule has 1 fully saturated rings. The Morgan fingerprint density at radius 2 is 2.39 bits per heavy atom. The molecule has 0 bridgehead atoms. The predicted molar refractivity (Wildman–Crippen MR) is 66.7 cm³/mol. The van der Waals surface area contributed by atoms with Crippen molar-refractivity contribution in [3.05, 3.63) is 23.9 Å². The molecule has 0 saturated carbocycles. The smallest absolute Gasteiger partial charge is 0.255 e. The maximum Gasteiger partial charge on any atom is 0.255 e. The topological polar surface area (TPSA) is 72.5 Å². The molecule has 1 aromatic heterocycles. The number of amides is 1. The van der Waals surface area contributed by atoms with E-state index in [9.17, 15) is 4.79 Å². The van der Waals surface area contributed by atoms with Gasteiger partial charge in [-0.3, -0.25) is 4.79 Å². The van der Waals surface area contributed by atoms with Gasteiger partial charge in [0.2, 0.25) is 0 Å². The fourth-order valence-corrected chi connectivity index (χ4v) is 1.94. The molecular weight excluding hydrogens is 234 g/mol. The lowest BCUT2D eigenvalue weighted by atomic mass is 10.2. The summed E-state index contributed by atoms with van der Waals surface area (Å²) in [6.07, 6.45) is 1.54. The number of hydrogen-bond acceptors (Lipinski definition) is 5. The first-order valence-corrected chi connectivity index (χ1v) is 5.80. The molecule has 18 heavy (non-hydrogen) atoms. The van der Waals surface area contributed by atoms with E-state index in [1.165, 1.54) is 0 Å². The van der Waals surface area contributed by atoms with E-state index in [1.807, 2.05) is 0 Å². The van der Waals surface area contributed by atoms with Crippen LogP contribution in [0, 0.1) is 0 Å². The van der Waals surface area contributed by atoms with Crippen LogP contribution in [0.15, 0.2) is 18.3 Å². The molecule has 98 valence electrons. The number of nitrogens with one attached hydrogen (secondary N) is 2. The summed E-state index contributed by atoms with van der Waals surface area (Å²) in [7, 11) is 3.34. The largest absolute Gasteiger partial charge is 0.377 e. The minimum atomic E-state index is -0.176. The Balaban J connectivity index is 2.07. The molecule has 0 aliphatic carbocycles. The Kier molecular flexibility index (Phi) is 4.11. The van der Waals surface area contributed by atoms with Gasteiger partial charge in [-0.05, 0) is 12.1 Å². The van der Waals surface area contributed by atoms with Crippen LogP contribution in [0.4, 0.5) is 5.82 Å². The average Bonchev–Trinajstić information content (AvgIpc) is 2.85. The molecule has 2 atom stereocenters. The van der Waals surface area contributed by atoms with Crippen molar-refractivity contribution in [2.24, 2.45) is 0 Å². The summed E-state index contributed by atoms with van der Waals surface area (Å²) in [5, 5.41) is 5.79. The minimum absolute atomic E-state index is 0.0938. The third kappa shape index (κ3) is 2.60. The lowest BCUT2D eigenvalue weighted by Gasteiger charge is -2.18. The Bertz CT molecular complexity index is 425. The van der Waals surface area contributed by atoms with Crippen molar-refractivity contribution in [1.82, 2.24) is 10.3 Å². The minimum Gasteiger partial charge on any atom is -0.377 e. The van der Waals surface area contributed by atoms with E-state index in [-0.39, 0.29) is 18.1 Å². The molecule has 2 N–H and O–H groups in total. The third-order valence-corrected chi connectivity index (χ3v) is 2.94. The number of carbonyl (C=O) groups excluding carboxylic acids is 1. The summed E-state index contributed by atoms with van der Waals surface area (Å²) in [5.41, 5.74) is 0.516. The zero-order chi connectivity index (χ0) is 13.0. The number of aromatic nitrogens is 1. The number of ether oxygens (including phenoxy) is 2. The molecule has 6 heteroatoms. The molecule has 0 unspecified atom stereocenters. The van der Waals surface area contributed by atoms with Crippen LogP contribution in [0.3, 0.4) is 0 Å². The van der Waals surface area contributed by atoms with Gasteiger partial charge in [0, 0.05) is 20.4 Å². The van der Waals surface area contributed by atoms with Crippen LogP contribution in [0.25, 0.3) is 0 Å². The maximum absolute atomic E-state index is 12.1. The van der Waals surface area contributed by atoms with Crippen molar-refractivity contribution in [3.63, 3.8) is 0 Å². The van der Waals surface area contributed by atoms with E-state index >= 15 is 0 Å². The van der Waals surface area contributed by atoms with E-state index in [0.717, 1.165) is 0 Å². The molecule has 0 radical (unpaired) electrons. The number of rotatable bonds is 4. The third-order valence-electron chi connectivity index (χ3n) is 2.94. The highest BCUT2D eigenvalue weighted by Crippen LogP contribution is 2.13. The second-order valence-corrected chi connectivity index (χ2v) is 4.04. The average molecular weight is 251 g/mol. The van der Waals surface area contributed by atoms with E-state index < -0.39 is 0 Å². The summed E-state index contributed by atoms with van der Waals surface area (Å²) in [6, 6.07) is 3.34. The summed E-state index contributed by atoms with van der Waals surface area (Å²) in [6.45, 7) is 0.979. The highest BCUT2D eigenvalue weighted by Gasteiger charge is 2.30.